The second-order valence-electron chi connectivity index (χ2n) is 6.48. The Morgan fingerprint density at radius 1 is 0.957 bits per heavy atom. The SMILES string of the molecule is NS(=O)(=O)[C@@H]1c2ccccc2C[C@H]1NC1CCc2ccccc21. The van der Waals surface area contributed by atoms with Crippen molar-refractivity contribution in [3.63, 3.8) is 0 Å². The Morgan fingerprint density at radius 2 is 1.61 bits per heavy atom. The van der Waals surface area contributed by atoms with Crippen LogP contribution in [0.25, 0.3) is 0 Å². The minimum atomic E-state index is -3.65. The first-order valence-electron chi connectivity index (χ1n) is 7.97. The molecule has 2 aliphatic carbocycles. The molecule has 1 unspecified atom stereocenters. The maximum absolute atomic E-state index is 12.2. The quantitative estimate of drug-likeness (QED) is 0.907. The van der Waals surface area contributed by atoms with Gasteiger partial charge < -0.3 is 5.32 Å². The van der Waals surface area contributed by atoms with E-state index in [0.29, 0.717) is 6.42 Å². The molecule has 0 bridgehead atoms. The lowest BCUT2D eigenvalue weighted by molar-refractivity contribution is 0.428. The zero-order valence-electron chi connectivity index (χ0n) is 12.8. The highest BCUT2D eigenvalue weighted by atomic mass is 32.2. The average molecular weight is 328 g/mol. The van der Waals surface area contributed by atoms with Gasteiger partial charge in [-0.2, -0.15) is 0 Å². The predicted octanol–water partition coefficient (Wildman–Crippen LogP) is 2.22. The van der Waals surface area contributed by atoms with Gasteiger partial charge in [0.15, 0.2) is 0 Å². The lowest BCUT2D eigenvalue weighted by Crippen LogP contribution is -2.40. The molecule has 0 radical (unpaired) electrons. The van der Waals surface area contributed by atoms with Crippen LogP contribution in [0.15, 0.2) is 48.5 Å². The van der Waals surface area contributed by atoms with Gasteiger partial charge in [0.1, 0.15) is 5.25 Å². The molecule has 0 aliphatic heterocycles. The van der Waals surface area contributed by atoms with Gasteiger partial charge >= 0.3 is 0 Å². The van der Waals surface area contributed by atoms with Gasteiger partial charge in [-0.25, -0.2) is 13.6 Å². The second kappa shape index (κ2) is 5.44. The molecule has 2 aliphatic rings. The highest BCUT2D eigenvalue weighted by Crippen LogP contribution is 2.39. The van der Waals surface area contributed by atoms with Crippen molar-refractivity contribution < 1.29 is 8.42 Å². The van der Waals surface area contributed by atoms with Crippen LogP contribution in [0.2, 0.25) is 0 Å². The Hall–Kier alpha value is -1.69. The maximum atomic E-state index is 12.2. The first kappa shape index (κ1) is 14.9. The van der Waals surface area contributed by atoms with E-state index in [0.717, 1.165) is 24.0 Å². The molecule has 23 heavy (non-hydrogen) atoms. The number of aryl methyl sites for hydroxylation is 1. The number of fused-ring (bicyclic) bond motifs is 2. The van der Waals surface area contributed by atoms with Crippen molar-refractivity contribution in [3.05, 3.63) is 70.8 Å². The fourth-order valence-corrected chi connectivity index (χ4v) is 5.32. The van der Waals surface area contributed by atoms with Crippen LogP contribution in [-0.4, -0.2) is 14.5 Å². The van der Waals surface area contributed by atoms with Crippen molar-refractivity contribution in [2.45, 2.75) is 36.6 Å². The summed E-state index contributed by atoms with van der Waals surface area (Å²) in [6.45, 7) is 0. The molecule has 0 fully saturated rings. The van der Waals surface area contributed by atoms with Gasteiger partial charge in [0, 0.05) is 12.1 Å². The summed E-state index contributed by atoms with van der Waals surface area (Å²) in [6.07, 6.45) is 2.74. The van der Waals surface area contributed by atoms with Crippen LogP contribution in [-0.2, 0) is 22.9 Å². The zero-order chi connectivity index (χ0) is 16.0. The molecule has 0 heterocycles. The molecule has 0 amide bonds. The summed E-state index contributed by atoms with van der Waals surface area (Å²) in [5, 5.41) is 8.46. The molecule has 4 rings (SSSR count). The van der Waals surface area contributed by atoms with E-state index in [1.807, 2.05) is 30.3 Å². The smallest absolute Gasteiger partial charge is 0.217 e. The summed E-state index contributed by atoms with van der Waals surface area (Å²) in [7, 11) is -3.65. The highest BCUT2D eigenvalue weighted by Gasteiger charge is 2.41. The van der Waals surface area contributed by atoms with Crippen LogP contribution in [0.4, 0.5) is 0 Å². The third-order valence-corrected chi connectivity index (χ3v) is 6.36. The molecular formula is C18H20N2O2S. The Morgan fingerprint density at radius 3 is 2.35 bits per heavy atom. The van der Waals surface area contributed by atoms with Crippen molar-refractivity contribution >= 4 is 10.0 Å². The lowest BCUT2D eigenvalue weighted by atomic mass is 10.1. The van der Waals surface area contributed by atoms with Crippen LogP contribution in [0, 0.1) is 0 Å². The topological polar surface area (TPSA) is 72.2 Å². The fourth-order valence-electron chi connectivity index (χ4n) is 4.10. The number of primary sulfonamides is 1. The van der Waals surface area contributed by atoms with Gasteiger partial charge in [0.2, 0.25) is 10.0 Å². The van der Waals surface area contributed by atoms with E-state index >= 15 is 0 Å². The zero-order valence-corrected chi connectivity index (χ0v) is 13.6. The summed E-state index contributed by atoms with van der Waals surface area (Å²) in [6, 6.07) is 16.1. The van der Waals surface area contributed by atoms with Crippen molar-refractivity contribution in [3.8, 4) is 0 Å². The number of rotatable bonds is 3. The summed E-state index contributed by atoms with van der Waals surface area (Å²) >= 11 is 0. The first-order valence-corrected chi connectivity index (χ1v) is 9.58. The molecule has 4 nitrogen and oxygen atoms in total. The monoisotopic (exact) mass is 328 g/mol. The lowest BCUT2D eigenvalue weighted by Gasteiger charge is -2.24. The number of nitrogens with two attached hydrogens (primary N) is 1. The molecule has 2 aromatic carbocycles. The largest absolute Gasteiger partial charge is 0.305 e. The third-order valence-electron chi connectivity index (χ3n) is 5.07. The minimum absolute atomic E-state index is 0.168. The van der Waals surface area contributed by atoms with Crippen LogP contribution >= 0.6 is 0 Å². The van der Waals surface area contributed by atoms with E-state index < -0.39 is 15.3 Å². The molecule has 0 aromatic heterocycles. The first-order chi connectivity index (χ1) is 11.0. The molecule has 3 N–H and O–H groups in total. The van der Waals surface area contributed by atoms with Crippen LogP contribution in [0.5, 0.6) is 0 Å². The van der Waals surface area contributed by atoms with Gasteiger partial charge in [-0.1, -0.05) is 48.5 Å². The number of benzene rings is 2. The van der Waals surface area contributed by atoms with Crippen LogP contribution < -0.4 is 10.5 Å². The Kier molecular flexibility index (Phi) is 3.52. The Bertz CT molecular complexity index is 848. The number of hydrogen-bond acceptors (Lipinski definition) is 3. The number of sulfonamides is 1. The average Bonchev–Trinajstić information content (AvgIpc) is 3.08. The minimum Gasteiger partial charge on any atom is -0.305 e. The summed E-state index contributed by atoms with van der Waals surface area (Å²) in [5.41, 5.74) is 4.57. The van der Waals surface area contributed by atoms with Crippen molar-refractivity contribution in [1.29, 1.82) is 0 Å². The van der Waals surface area contributed by atoms with E-state index in [4.69, 9.17) is 5.14 Å². The fraction of sp³-hybridized carbons (Fsp3) is 0.333. The second-order valence-corrected chi connectivity index (χ2v) is 8.16. The van der Waals surface area contributed by atoms with E-state index in [1.165, 1.54) is 11.1 Å². The van der Waals surface area contributed by atoms with Crippen LogP contribution in [0.3, 0.4) is 0 Å². The van der Waals surface area contributed by atoms with E-state index in [1.54, 1.807) is 0 Å². The van der Waals surface area contributed by atoms with Gasteiger partial charge in [-0.3, -0.25) is 0 Å². The van der Waals surface area contributed by atoms with Crippen molar-refractivity contribution in [2.24, 2.45) is 5.14 Å². The molecule has 3 atom stereocenters. The van der Waals surface area contributed by atoms with Crippen molar-refractivity contribution in [1.82, 2.24) is 5.32 Å². The molecule has 0 saturated heterocycles. The standard InChI is InChI=1S/C18H20N2O2S/c19-23(21,22)18-15-8-4-2-6-13(15)11-17(18)20-16-10-9-12-5-1-3-7-14(12)16/h1-8,16-18,20H,9-11H2,(H2,19,21,22)/t16?,17-,18-/m1/s1. The molecular weight excluding hydrogens is 308 g/mol. The molecule has 120 valence electrons. The van der Waals surface area contributed by atoms with Gasteiger partial charge in [0.25, 0.3) is 0 Å². The number of hydrogen-bond donors (Lipinski definition) is 2. The Balaban J connectivity index is 1.65. The van der Waals surface area contributed by atoms with Crippen LogP contribution in [0.1, 0.15) is 40.0 Å². The third kappa shape index (κ3) is 2.59. The normalized spacial score (nSPS) is 26.0. The highest BCUT2D eigenvalue weighted by molar-refractivity contribution is 7.89. The molecule has 0 spiro atoms. The maximum Gasteiger partial charge on any atom is 0.217 e. The van der Waals surface area contributed by atoms with E-state index in [9.17, 15) is 8.42 Å². The Labute approximate surface area is 136 Å². The van der Waals surface area contributed by atoms with E-state index in [-0.39, 0.29) is 12.1 Å². The van der Waals surface area contributed by atoms with Gasteiger partial charge in [0.05, 0.1) is 0 Å². The predicted molar refractivity (Wildman–Crippen MR) is 90.4 cm³/mol. The van der Waals surface area contributed by atoms with Crippen molar-refractivity contribution in [2.75, 3.05) is 0 Å². The van der Waals surface area contributed by atoms with Gasteiger partial charge in [-0.15, -0.1) is 0 Å². The van der Waals surface area contributed by atoms with E-state index in [2.05, 4.69) is 23.5 Å². The summed E-state index contributed by atoms with van der Waals surface area (Å²) < 4.78 is 24.3. The molecule has 5 heteroatoms. The van der Waals surface area contributed by atoms with Gasteiger partial charge in [-0.05, 0) is 41.5 Å². The number of nitrogens with one attached hydrogen (secondary N) is 1. The molecule has 2 aromatic rings. The summed E-state index contributed by atoms with van der Waals surface area (Å²) in [4.78, 5) is 0. The summed E-state index contributed by atoms with van der Waals surface area (Å²) in [5.74, 6) is 0. The molecule has 0 saturated carbocycles.